The van der Waals surface area contributed by atoms with Gasteiger partial charge in [-0.05, 0) is 18.9 Å². The number of ether oxygens (including phenoxy) is 1. The van der Waals surface area contributed by atoms with Crippen LogP contribution in [0.2, 0.25) is 5.02 Å². The minimum atomic E-state index is -0.353. The smallest absolute Gasteiger partial charge is 0.167 e. The Bertz CT molecular complexity index is 403. The highest BCUT2D eigenvalue weighted by Crippen LogP contribution is 2.30. The van der Waals surface area contributed by atoms with Crippen molar-refractivity contribution in [3.05, 3.63) is 23.1 Å². The molecule has 0 spiro atoms. The second-order valence-corrected chi connectivity index (χ2v) is 4.76. The summed E-state index contributed by atoms with van der Waals surface area (Å²) < 4.78 is 19.4. The molecule has 0 amide bonds. The zero-order chi connectivity index (χ0) is 11.1. The van der Waals surface area contributed by atoms with E-state index in [9.17, 15) is 4.39 Å². The van der Waals surface area contributed by atoms with E-state index in [-0.39, 0.29) is 18.0 Å². The van der Waals surface area contributed by atoms with Crippen LogP contribution < -0.4 is 4.90 Å². The third-order valence-corrected chi connectivity index (χ3v) is 3.34. The molecule has 2 saturated heterocycles. The Morgan fingerprint density at radius 1 is 1.38 bits per heavy atom. The third-order valence-electron chi connectivity index (χ3n) is 3.13. The molecule has 2 aliphatic heterocycles. The van der Waals surface area contributed by atoms with Crippen molar-refractivity contribution in [3.63, 3.8) is 0 Å². The standard InChI is InChI=1S/C11H12ClFN2O/c12-7-3-10(13)11(14-4-7)15-5-8-1-2-9(6-15)16-8/h3-4,8-9H,1-2,5-6H2. The van der Waals surface area contributed by atoms with Crippen LogP contribution in [0.4, 0.5) is 10.2 Å². The SMILES string of the molecule is Fc1cc(Cl)cnc1N1CC2CCC(C1)O2. The van der Waals surface area contributed by atoms with Gasteiger partial charge in [0.05, 0.1) is 17.2 Å². The summed E-state index contributed by atoms with van der Waals surface area (Å²) in [6.07, 6.45) is 4.08. The first kappa shape index (κ1) is 10.3. The van der Waals surface area contributed by atoms with Gasteiger partial charge in [-0.3, -0.25) is 0 Å². The number of anilines is 1. The van der Waals surface area contributed by atoms with Crippen molar-refractivity contribution in [1.29, 1.82) is 0 Å². The third kappa shape index (κ3) is 1.76. The molecule has 16 heavy (non-hydrogen) atoms. The Balaban J connectivity index is 1.87. The average Bonchev–Trinajstić information content (AvgIpc) is 2.58. The molecule has 3 rings (SSSR count). The molecule has 86 valence electrons. The molecule has 3 heterocycles. The Morgan fingerprint density at radius 3 is 2.69 bits per heavy atom. The predicted molar refractivity (Wildman–Crippen MR) is 59.3 cm³/mol. The lowest BCUT2D eigenvalue weighted by Crippen LogP contribution is -2.43. The van der Waals surface area contributed by atoms with E-state index in [2.05, 4.69) is 4.98 Å². The van der Waals surface area contributed by atoms with E-state index >= 15 is 0 Å². The number of fused-ring (bicyclic) bond motifs is 2. The molecule has 1 aromatic rings. The van der Waals surface area contributed by atoms with Gasteiger partial charge >= 0.3 is 0 Å². The average molecular weight is 243 g/mol. The molecule has 0 N–H and O–H groups in total. The topological polar surface area (TPSA) is 25.4 Å². The minimum Gasteiger partial charge on any atom is -0.371 e. The van der Waals surface area contributed by atoms with E-state index in [0.29, 0.717) is 10.8 Å². The van der Waals surface area contributed by atoms with Crippen molar-refractivity contribution < 1.29 is 9.13 Å². The van der Waals surface area contributed by atoms with Crippen LogP contribution in [0.1, 0.15) is 12.8 Å². The highest BCUT2D eigenvalue weighted by atomic mass is 35.5. The van der Waals surface area contributed by atoms with Crippen LogP contribution in [0.15, 0.2) is 12.3 Å². The molecule has 0 aromatic carbocycles. The Morgan fingerprint density at radius 2 is 2.06 bits per heavy atom. The minimum absolute atomic E-state index is 0.232. The zero-order valence-corrected chi connectivity index (χ0v) is 9.45. The fourth-order valence-corrected chi connectivity index (χ4v) is 2.57. The van der Waals surface area contributed by atoms with Crippen LogP contribution in [0, 0.1) is 5.82 Å². The maximum absolute atomic E-state index is 13.7. The molecule has 2 unspecified atom stereocenters. The van der Waals surface area contributed by atoms with E-state index in [1.165, 1.54) is 12.3 Å². The Labute approximate surface area is 98.2 Å². The van der Waals surface area contributed by atoms with Gasteiger partial charge in [-0.2, -0.15) is 0 Å². The molecule has 0 radical (unpaired) electrons. The van der Waals surface area contributed by atoms with E-state index in [0.717, 1.165) is 25.9 Å². The number of nitrogens with zero attached hydrogens (tertiary/aromatic N) is 2. The quantitative estimate of drug-likeness (QED) is 0.755. The lowest BCUT2D eigenvalue weighted by Gasteiger charge is -2.33. The van der Waals surface area contributed by atoms with Crippen LogP contribution in [-0.2, 0) is 4.74 Å². The summed E-state index contributed by atoms with van der Waals surface area (Å²) in [5.74, 6) is 0.0402. The number of hydrogen-bond donors (Lipinski definition) is 0. The first-order valence-electron chi connectivity index (χ1n) is 5.44. The van der Waals surface area contributed by atoms with Crippen molar-refractivity contribution in [2.75, 3.05) is 18.0 Å². The van der Waals surface area contributed by atoms with Gasteiger partial charge in [-0.1, -0.05) is 11.6 Å². The van der Waals surface area contributed by atoms with Gasteiger partial charge in [0.15, 0.2) is 11.6 Å². The largest absolute Gasteiger partial charge is 0.371 e. The molecule has 1 aromatic heterocycles. The molecule has 3 nitrogen and oxygen atoms in total. The van der Waals surface area contributed by atoms with Crippen molar-refractivity contribution >= 4 is 17.4 Å². The molecular weight excluding hydrogens is 231 g/mol. The van der Waals surface area contributed by atoms with Gasteiger partial charge in [0.1, 0.15) is 0 Å². The summed E-state index contributed by atoms with van der Waals surface area (Å²) in [6.45, 7) is 1.45. The van der Waals surface area contributed by atoms with Crippen molar-refractivity contribution in [2.24, 2.45) is 0 Å². The number of morpholine rings is 1. The van der Waals surface area contributed by atoms with E-state index in [4.69, 9.17) is 16.3 Å². The van der Waals surface area contributed by atoms with Gasteiger partial charge in [0.25, 0.3) is 0 Å². The van der Waals surface area contributed by atoms with Gasteiger partial charge in [0.2, 0.25) is 0 Å². The van der Waals surface area contributed by atoms with Crippen LogP contribution in [-0.4, -0.2) is 30.3 Å². The maximum Gasteiger partial charge on any atom is 0.167 e. The van der Waals surface area contributed by atoms with Gasteiger partial charge in [-0.15, -0.1) is 0 Å². The van der Waals surface area contributed by atoms with Crippen molar-refractivity contribution in [1.82, 2.24) is 4.98 Å². The normalized spacial score (nSPS) is 28.5. The lowest BCUT2D eigenvalue weighted by atomic mass is 10.2. The summed E-state index contributed by atoms with van der Waals surface area (Å²) in [4.78, 5) is 6.02. The second-order valence-electron chi connectivity index (χ2n) is 4.32. The monoisotopic (exact) mass is 242 g/mol. The van der Waals surface area contributed by atoms with E-state index in [1.807, 2.05) is 4.90 Å². The van der Waals surface area contributed by atoms with Crippen LogP contribution in [0.5, 0.6) is 0 Å². The Hall–Kier alpha value is -0.870. The highest BCUT2D eigenvalue weighted by molar-refractivity contribution is 6.30. The highest BCUT2D eigenvalue weighted by Gasteiger charge is 2.35. The second kappa shape index (κ2) is 3.86. The van der Waals surface area contributed by atoms with Crippen LogP contribution in [0.3, 0.4) is 0 Å². The predicted octanol–water partition coefficient (Wildman–Crippen LogP) is 2.24. The fraction of sp³-hybridized carbons (Fsp3) is 0.545. The number of halogens is 2. The van der Waals surface area contributed by atoms with E-state index in [1.54, 1.807) is 0 Å². The van der Waals surface area contributed by atoms with Crippen molar-refractivity contribution in [3.8, 4) is 0 Å². The number of hydrogen-bond acceptors (Lipinski definition) is 3. The lowest BCUT2D eigenvalue weighted by molar-refractivity contribution is 0.0300. The van der Waals surface area contributed by atoms with Gasteiger partial charge < -0.3 is 9.64 Å². The first-order valence-corrected chi connectivity index (χ1v) is 5.81. The molecule has 0 aliphatic carbocycles. The maximum atomic E-state index is 13.7. The molecule has 2 fully saturated rings. The summed E-state index contributed by atoms with van der Waals surface area (Å²) >= 11 is 5.68. The molecule has 2 bridgehead atoms. The van der Waals surface area contributed by atoms with Crippen molar-refractivity contribution in [2.45, 2.75) is 25.0 Å². The van der Waals surface area contributed by atoms with E-state index < -0.39 is 0 Å². The Kier molecular flexibility index (Phi) is 2.48. The summed E-state index contributed by atoms with van der Waals surface area (Å²) in [5, 5.41) is 0.331. The summed E-state index contributed by atoms with van der Waals surface area (Å²) in [7, 11) is 0. The zero-order valence-electron chi connectivity index (χ0n) is 8.70. The molecule has 2 aliphatic rings. The molecule has 5 heteroatoms. The molecule has 0 saturated carbocycles. The van der Waals surface area contributed by atoms with Crippen LogP contribution >= 0.6 is 11.6 Å². The fourth-order valence-electron chi connectivity index (χ4n) is 2.43. The molecule has 2 atom stereocenters. The van der Waals surface area contributed by atoms with Gasteiger partial charge in [-0.25, -0.2) is 9.37 Å². The number of pyridine rings is 1. The summed E-state index contributed by atoms with van der Waals surface area (Å²) in [6, 6.07) is 1.31. The van der Waals surface area contributed by atoms with Crippen LogP contribution in [0.25, 0.3) is 0 Å². The molecular formula is C11H12ClFN2O. The number of rotatable bonds is 1. The van der Waals surface area contributed by atoms with Gasteiger partial charge in [0, 0.05) is 19.3 Å². The first-order chi connectivity index (χ1) is 7.72. The number of aromatic nitrogens is 1. The summed E-state index contributed by atoms with van der Waals surface area (Å²) in [5.41, 5.74) is 0.